The van der Waals surface area contributed by atoms with Crippen LogP contribution in [0.1, 0.15) is 24.8 Å². The molecule has 0 unspecified atom stereocenters. The van der Waals surface area contributed by atoms with Crippen molar-refractivity contribution in [2.75, 3.05) is 38.2 Å². The summed E-state index contributed by atoms with van der Waals surface area (Å²) in [7, 11) is 2.25. The molecule has 1 atom stereocenters. The molecule has 0 saturated carbocycles. The first kappa shape index (κ1) is 14.4. The first-order valence-corrected chi connectivity index (χ1v) is 8.99. The second-order valence-electron chi connectivity index (χ2n) is 6.39. The lowest BCUT2D eigenvalue weighted by atomic mass is 9.72. The molecule has 110 valence electrons. The fourth-order valence-electron chi connectivity index (χ4n) is 3.44. The summed E-state index contributed by atoms with van der Waals surface area (Å²) in [5.74, 6) is 2.63. The van der Waals surface area contributed by atoms with Gasteiger partial charge >= 0.3 is 0 Å². The van der Waals surface area contributed by atoms with Gasteiger partial charge in [-0.05, 0) is 50.7 Å². The molecular weight excluding hydrogens is 264 g/mol. The van der Waals surface area contributed by atoms with Gasteiger partial charge in [0.15, 0.2) is 0 Å². The van der Waals surface area contributed by atoms with Gasteiger partial charge in [-0.1, -0.05) is 30.3 Å². The summed E-state index contributed by atoms with van der Waals surface area (Å²) in [6.07, 6.45) is 3.90. The number of nitrogens with one attached hydrogen (secondary N) is 1. The topological polar surface area (TPSA) is 15.3 Å². The van der Waals surface area contributed by atoms with E-state index in [-0.39, 0.29) is 0 Å². The average Bonchev–Trinajstić information content (AvgIpc) is 3.01. The fourth-order valence-corrected chi connectivity index (χ4v) is 4.63. The molecule has 2 aliphatic heterocycles. The van der Waals surface area contributed by atoms with E-state index in [9.17, 15) is 0 Å². The molecule has 3 heteroatoms. The van der Waals surface area contributed by atoms with Crippen LogP contribution in [0.15, 0.2) is 30.3 Å². The lowest BCUT2D eigenvalue weighted by Crippen LogP contribution is -2.49. The van der Waals surface area contributed by atoms with Crippen LogP contribution in [0.25, 0.3) is 0 Å². The number of benzene rings is 1. The number of hydrogen-bond donors (Lipinski definition) is 1. The maximum absolute atomic E-state index is 3.87. The quantitative estimate of drug-likeness (QED) is 0.918. The normalized spacial score (nSPS) is 26.8. The van der Waals surface area contributed by atoms with E-state index in [0.717, 1.165) is 12.6 Å². The first-order valence-electron chi connectivity index (χ1n) is 7.84. The van der Waals surface area contributed by atoms with Crippen molar-refractivity contribution in [1.29, 1.82) is 0 Å². The minimum absolute atomic E-state index is 0.348. The standard InChI is InChI=1S/C17H26N2S/c1-19-10-8-17(9-11-19,15-5-3-2-4-6-15)14-18-16-7-12-20-13-16/h2-6,16,18H,7-14H2,1H3/t16-/m1/s1. The molecule has 0 aromatic heterocycles. The Kier molecular flexibility index (Phi) is 4.69. The molecule has 1 N–H and O–H groups in total. The van der Waals surface area contributed by atoms with Crippen LogP contribution in [-0.2, 0) is 5.41 Å². The van der Waals surface area contributed by atoms with Crippen LogP contribution in [0.2, 0.25) is 0 Å². The van der Waals surface area contributed by atoms with Crippen LogP contribution in [-0.4, -0.2) is 49.1 Å². The van der Waals surface area contributed by atoms with Gasteiger partial charge in [-0.3, -0.25) is 0 Å². The average molecular weight is 290 g/mol. The van der Waals surface area contributed by atoms with Crippen LogP contribution in [0.4, 0.5) is 0 Å². The summed E-state index contributed by atoms with van der Waals surface area (Å²) >= 11 is 2.09. The molecule has 2 heterocycles. The Morgan fingerprint density at radius 1 is 1.25 bits per heavy atom. The summed E-state index contributed by atoms with van der Waals surface area (Å²) < 4.78 is 0. The van der Waals surface area contributed by atoms with Gasteiger partial charge in [0.2, 0.25) is 0 Å². The molecule has 1 aromatic carbocycles. The first-order chi connectivity index (χ1) is 9.78. The van der Waals surface area contributed by atoms with Gasteiger partial charge in [0.05, 0.1) is 0 Å². The molecule has 0 aliphatic carbocycles. The van der Waals surface area contributed by atoms with Crippen LogP contribution in [0.3, 0.4) is 0 Å². The maximum atomic E-state index is 3.87. The van der Waals surface area contributed by atoms with Gasteiger partial charge in [0.1, 0.15) is 0 Å². The zero-order valence-corrected chi connectivity index (χ0v) is 13.3. The van der Waals surface area contributed by atoms with Gasteiger partial charge in [-0.15, -0.1) is 0 Å². The third-order valence-corrected chi connectivity index (χ3v) is 6.15. The Bertz CT molecular complexity index is 406. The Labute approximate surface area is 127 Å². The Morgan fingerprint density at radius 3 is 2.65 bits per heavy atom. The van der Waals surface area contributed by atoms with Crippen molar-refractivity contribution in [2.24, 2.45) is 0 Å². The molecule has 20 heavy (non-hydrogen) atoms. The summed E-state index contributed by atoms with van der Waals surface area (Å²) in [6, 6.07) is 11.9. The lowest BCUT2D eigenvalue weighted by molar-refractivity contribution is 0.180. The van der Waals surface area contributed by atoms with Crippen molar-refractivity contribution in [3.63, 3.8) is 0 Å². The number of likely N-dealkylation sites (tertiary alicyclic amines) is 1. The minimum atomic E-state index is 0.348. The van der Waals surface area contributed by atoms with E-state index in [1.54, 1.807) is 0 Å². The molecule has 2 aliphatic rings. The second kappa shape index (κ2) is 6.50. The Morgan fingerprint density at radius 2 is 2.00 bits per heavy atom. The van der Waals surface area contributed by atoms with Gasteiger partial charge in [0, 0.05) is 23.8 Å². The van der Waals surface area contributed by atoms with Gasteiger partial charge < -0.3 is 10.2 Å². The maximum Gasteiger partial charge on any atom is 0.0166 e. The summed E-state index contributed by atoms with van der Waals surface area (Å²) in [4.78, 5) is 2.46. The predicted molar refractivity (Wildman–Crippen MR) is 88.6 cm³/mol. The molecule has 0 amide bonds. The monoisotopic (exact) mass is 290 g/mol. The highest BCUT2D eigenvalue weighted by Crippen LogP contribution is 2.35. The molecule has 0 bridgehead atoms. The Hall–Kier alpha value is -0.510. The Balaban J connectivity index is 1.73. The zero-order valence-electron chi connectivity index (χ0n) is 12.5. The fraction of sp³-hybridized carbons (Fsp3) is 0.647. The number of rotatable bonds is 4. The van der Waals surface area contributed by atoms with Crippen LogP contribution >= 0.6 is 11.8 Å². The molecule has 0 spiro atoms. The summed E-state index contributed by atoms with van der Waals surface area (Å²) in [6.45, 7) is 3.59. The van der Waals surface area contributed by atoms with Crippen molar-refractivity contribution in [3.05, 3.63) is 35.9 Å². The van der Waals surface area contributed by atoms with Gasteiger partial charge in [-0.25, -0.2) is 0 Å². The third-order valence-electron chi connectivity index (χ3n) is 4.99. The highest BCUT2D eigenvalue weighted by molar-refractivity contribution is 7.99. The summed E-state index contributed by atoms with van der Waals surface area (Å²) in [5.41, 5.74) is 1.88. The molecular formula is C17H26N2S. The number of thioether (sulfide) groups is 1. The molecule has 3 rings (SSSR count). The van der Waals surface area contributed by atoms with E-state index >= 15 is 0 Å². The van der Waals surface area contributed by atoms with Crippen molar-refractivity contribution >= 4 is 11.8 Å². The van der Waals surface area contributed by atoms with E-state index in [1.807, 2.05) is 0 Å². The van der Waals surface area contributed by atoms with E-state index < -0.39 is 0 Å². The van der Waals surface area contributed by atoms with Gasteiger partial charge in [-0.2, -0.15) is 11.8 Å². The molecule has 2 fully saturated rings. The van der Waals surface area contributed by atoms with Gasteiger partial charge in [0.25, 0.3) is 0 Å². The SMILES string of the molecule is CN1CCC(CN[C@@H]2CCSC2)(c2ccccc2)CC1. The third kappa shape index (κ3) is 3.21. The zero-order chi connectivity index (χ0) is 13.8. The molecule has 2 saturated heterocycles. The van der Waals surface area contributed by atoms with Crippen LogP contribution < -0.4 is 5.32 Å². The molecule has 2 nitrogen and oxygen atoms in total. The lowest BCUT2D eigenvalue weighted by Gasteiger charge is -2.42. The van der Waals surface area contributed by atoms with Crippen LogP contribution in [0.5, 0.6) is 0 Å². The van der Waals surface area contributed by atoms with Crippen molar-refractivity contribution in [3.8, 4) is 0 Å². The second-order valence-corrected chi connectivity index (χ2v) is 7.54. The summed E-state index contributed by atoms with van der Waals surface area (Å²) in [5, 5.41) is 3.87. The van der Waals surface area contributed by atoms with Crippen molar-refractivity contribution < 1.29 is 0 Å². The minimum Gasteiger partial charge on any atom is -0.312 e. The van der Waals surface area contributed by atoms with E-state index in [1.165, 1.54) is 49.4 Å². The van der Waals surface area contributed by atoms with Crippen molar-refractivity contribution in [1.82, 2.24) is 10.2 Å². The van der Waals surface area contributed by atoms with Crippen LogP contribution in [0, 0.1) is 0 Å². The largest absolute Gasteiger partial charge is 0.312 e. The van der Waals surface area contributed by atoms with E-state index in [2.05, 4.69) is 59.4 Å². The van der Waals surface area contributed by atoms with E-state index in [4.69, 9.17) is 0 Å². The number of hydrogen-bond acceptors (Lipinski definition) is 3. The van der Waals surface area contributed by atoms with Crippen molar-refractivity contribution in [2.45, 2.75) is 30.7 Å². The molecule has 0 radical (unpaired) electrons. The van der Waals surface area contributed by atoms with E-state index in [0.29, 0.717) is 5.41 Å². The number of piperidine rings is 1. The molecule has 1 aromatic rings. The highest BCUT2D eigenvalue weighted by Gasteiger charge is 2.35. The predicted octanol–water partition coefficient (Wildman–Crippen LogP) is 2.75. The smallest absolute Gasteiger partial charge is 0.0166 e. The highest BCUT2D eigenvalue weighted by atomic mass is 32.2. The number of nitrogens with zero attached hydrogens (tertiary/aromatic N) is 1.